The zero-order valence-corrected chi connectivity index (χ0v) is 16.1. The maximum atomic E-state index is 12.8. The standard InChI is InChI=1S/C19H19NO5S.CO2/c1-2-13-8-10-15(11-9-13)17-16(21)18(19(20)24-17)25-26(22,23)12-14-6-4-3-5-7-14;2-1-3/h3-11,17H,2,12,20H2,1H3;/t17-;/m1./s1/i12D2,17D;. The van der Waals surface area contributed by atoms with Crippen molar-refractivity contribution in [3.63, 3.8) is 0 Å². The number of ether oxygens (including phenoxy) is 1. The number of carbonyl (C=O) groups excluding carboxylic acids is 3. The molecule has 0 aliphatic carbocycles. The van der Waals surface area contributed by atoms with Crippen molar-refractivity contribution in [1.29, 1.82) is 0 Å². The second kappa shape index (κ2) is 9.68. The highest BCUT2D eigenvalue weighted by Crippen LogP contribution is 2.32. The summed E-state index contributed by atoms with van der Waals surface area (Å²) < 4.78 is 59.4. The fourth-order valence-electron chi connectivity index (χ4n) is 2.36. The van der Waals surface area contributed by atoms with E-state index in [1.807, 2.05) is 6.92 Å². The summed E-state index contributed by atoms with van der Waals surface area (Å²) in [6.45, 7) is 1.94. The molecule has 1 aliphatic heterocycles. The normalized spacial score (nSPS) is 20.3. The summed E-state index contributed by atoms with van der Waals surface area (Å²) in [4.78, 5) is 29.0. The van der Waals surface area contributed by atoms with E-state index in [2.05, 4.69) is 0 Å². The van der Waals surface area contributed by atoms with Gasteiger partial charge in [-0.25, -0.2) is 0 Å². The van der Waals surface area contributed by atoms with E-state index in [0.29, 0.717) is 0 Å². The molecule has 3 rings (SSSR count). The Morgan fingerprint density at radius 1 is 1.14 bits per heavy atom. The van der Waals surface area contributed by atoms with Crippen LogP contribution in [-0.4, -0.2) is 20.4 Å². The number of ketones is 1. The minimum atomic E-state index is -4.99. The van der Waals surface area contributed by atoms with Crippen molar-refractivity contribution in [1.82, 2.24) is 0 Å². The summed E-state index contributed by atoms with van der Waals surface area (Å²) in [7, 11) is -4.99. The molecule has 1 heterocycles. The third kappa shape index (κ3) is 5.78. The lowest BCUT2D eigenvalue weighted by Crippen LogP contribution is -2.16. The molecule has 0 unspecified atom stereocenters. The van der Waals surface area contributed by atoms with Crippen LogP contribution in [0.2, 0.25) is 0 Å². The van der Waals surface area contributed by atoms with Gasteiger partial charge in [-0.2, -0.15) is 18.0 Å². The molecule has 2 N–H and O–H groups in total. The molecular weight excluding hydrogens is 398 g/mol. The molecule has 8 nitrogen and oxygen atoms in total. The molecule has 0 aromatic heterocycles. The van der Waals surface area contributed by atoms with Crippen molar-refractivity contribution in [2.75, 3.05) is 0 Å². The van der Waals surface area contributed by atoms with Gasteiger partial charge in [0.2, 0.25) is 17.4 Å². The Kier molecular flexibility index (Phi) is 5.89. The molecule has 2 aromatic carbocycles. The van der Waals surface area contributed by atoms with Crippen LogP contribution in [0.5, 0.6) is 0 Å². The molecule has 152 valence electrons. The Balaban J connectivity index is 0.00000114. The number of Topliss-reactive ketones (excluding diaryl/α,β-unsaturated/α-hetero) is 1. The lowest BCUT2D eigenvalue weighted by Gasteiger charge is -2.10. The first-order chi connectivity index (χ1) is 14.9. The number of hydrogen-bond donors (Lipinski definition) is 1. The number of carbonyl (C=O) groups is 1. The molecule has 29 heavy (non-hydrogen) atoms. The van der Waals surface area contributed by atoms with E-state index in [0.717, 1.165) is 12.0 Å². The molecule has 0 spiro atoms. The third-order valence-corrected chi connectivity index (χ3v) is 4.55. The second-order valence-electron chi connectivity index (χ2n) is 5.59. The summed E-state index contributed by atoms with van der Waals surface area (Å²) in [6, 6.07) is 13.5. The van der Waals surface area contributed by atoms with Crippen LogP contribution in [-0.2, 0) is 45.5 Å². The van der Waals surface area contributed by atoms with Crippen molar-refractivity contribution in [2.24, 2.45) is 5.73 Å². The van der Waals surface area contributed by atoms with Crippen molar-refractivity contribution in [3.05, 3.63) is 82.9 Å². The molecule has 1 aliphatic rings. The first-order valence-corrected chi connectivity index (χ1v) is 9.67. The van der Waals surface area contributed by atoms with Gasteiger partial charge in [0.25, 0.3) is 0 Å². The topological polar surface area (TPSA) is 130 Å². The van der Waals surface area contributed by atoms with Gasteiger partial charge >= 0.3 is 16.3 Å². The summed E-state index contributed by atoms with van der Waals surface area (Å²) in [5, 5.41) is 0. The Bertz CT molecular complexity index is 1160. The van der Waals surface area contributed by atoms with Crippen molar-refractivity contribution >= 4 is 22.1 Å². The molecule has 0 saturated carbocycles. The van der Waals surface area contributed by atoms with Crippen LogP contribution in [0.1, 0.15) is 33.8 Å². The van der Waals surface area contributed by atoms with Crippen LogP contribution >= 0.6 is 0 Å². The van der Waals surface area contributed by atoms with E-state index in [9.17, 15) is 13.2 Å². The van der Waals surface area contributed by atoms with Gasteiger partial charge in [0.05, 0.1) is 4.11 Å². The first kappa shape index (κ1) is 17.7. The summed E-state index contributed by atoms with van der Waals surface area (Å²) in [5.74, 6) is -2.75. The SMILES string of the molecule is O=C=O.[2H]C([2H])(c1ccccc1)S(=O)(=O)OC1=C(N)O[C@]([2H])(c2ccc(CC)cc2)C1=O. The quantitative estimate of drug-likeness (QED) is 0.702. The Morgan fingerprint density at radius 3 is 2.28 bits per heavy atom. The lowest BCUT2D eigenvalue weighted by molar-refractivity contribution is -0.191. The van der Waals surface area contributed by atoms with Gasteiger partial charge in [-0.1, -0.05) is 61.5 Å². The molecule has 9 heteroatoms. The van der Waals surface area contributed by atoms with E-state index in [1.54, 1.807) is 18.2 Å². The van der Waals surface area contributed by atoms with Crippen LogP contribution in [0.3, 0.4) is 0 Å². The highest BCUT2D eigenvalue weighted by Gasteiger charge is 2.39. The Labute approximate surface area is 172 Å². The van der Waals surface area contributed by atoms with Crippen LogP contribution < -0.4 is 5.73 Å². The molecule has 1 atom stereocenters. The van der Waals surface area contributed by atoms with Gasteiger partial charge in [0, 0.05) is 5.56 Å². The average molecular weight is 420 g/mol. The first-order valence-electron chi connectivity index (χ1n) is 9.76. The van der Waals surface area contributed by atoms with Gasteiger partial charge in [-0.15, -0.1) is 0 Å². The Hall–Kier alpha value is -3.42. The zero-order valence-electron chi connectivity index (χ0n) is 18.2. The smallest absolute Gasteiger partial charge is 0.373 e. The van der Waals surface area contributed by atoms with Gasteiger partial charge in [-0.05, 0) is 17.5 Å². The van der Waals surface area contributed by atoms with Crippen LogP contribution in [0, 0.1) is 0 Å². The lowest BCUT2D eigenvalue weighted by atomic mass is 10.0. The number of hydrogen-bond acceptors (Lipinski definition) is 8. The molecule has 0 bridgehead atoms. The van der Waals surface area contributed by atoms with Gasteiger partial charge < -0.3 is 14.7 Å². The zero-order chi connectivity index (χ0) is 24.2. The van der Waals surface area contributed by atoms with Gasteiger partial charge in [-0.3, -0.25) is 4.79 Å². The number of benzene rings is 2. The predicted octanol–water partition coefficient (Wildman–Crippen LogP) is 1.98. The minimum absolute atomic E-state index is 0.143. The average Bonchev–Trinajstić information content (AvgIpc) is 2.98. The number of aryl methyl sites for hydroxylation is 1. The molecular formula is C20H19NO7S. The van der Waals surface area contributed by atoms with Crippen molar-refractivity contribution in [3.8, 4) is 0 Å². The maximum Gasteiger partial charge on any atom is 0.373 e. The van der Waals surface area contributed by atoms with Crippen molar-refractivity contribution < 1.29 is 35.8 Å². The van der Waals surface area contributed by atoms with Crippen molar-refractivity contribution in [2.45, 2.75) is 25.1 Å². The highest BCUT2D eigenvalue weighted by molar-refractivity contribution is 7.86. The number of nitrogens with two attached hydrogens (primary N) is 1. The monoisotopic (exact) mass is 420 g/mol. The van der Waals surface area contributed by atoms with E-state index in [1.165, 1.54) is 36.4 Å². The summed E-state index contributed by atoms with van der Waals surface area (Å²) in [6.07, 6.45) is -1.32. The minimum Gasteiger partial charge on any atom is -0.460 e. The van der Waals surface area contributed by atoms with E-state index < -0.39 is 39.3 Å². The van der Waals surface area contributed by atoms with Crippen LogP contribution in [0.25, 0.3) is 0 Å². The van der Waals surface area contributed by atoms with Crippen LogP contribution in [0.15, 0.2) is 66.2 Å². The second-order valence-corrected chi connectivity index (χ2v) is 6.87. The van der Waals surface area contributed by atoms with E-state index >= 15 is 0 Å². The van der Waals surface area contributed by atoms with Crippen LogP contribution in [0.4, 0.5) is 0 Å². The molecule has 0 amide bonds. The predicted molar refractivity (Wildman–Crippen MR) is 101 cm³/mol. The summed E-state index contributed by atoms with van der Waals surface area (Å²) in [5.41, 5.74) is 3.60. The fourth-order valence-corrected chi connectivity index (χ4v) is 3.20. The number of rotatable bonds is 6. The van der Waals surface area contributed by atoms with Gasteiger partial charge in [0.15, 0.2) is 6.08 Å². The third-order valence-electron chi connectivity index (χ3n) is 3.68. The Morgan fingerprint density at radius 2 is 1.72 bits per heavy atom. The molecule has 0 radical (unpaired) electrons. The summed E-state index contributed by atoms with van der Waals surface area (Å²) >= 11 is 0. The van der Waals surface area contributed by atoms with E-state index in [-0.39, 0.29) is 17.3 Å². The largest absolute Gasteiger partial charge is 0.460 e. The maximum absolute atomic E-state index is 12.8. The van der Waals surface area contributed by atoms with Gasteiger partial charge in [0.1, 0.15) is 5.70 Å². The molecule has 0 saturated heterocycles. The molecule has 2 aromatic rings. The fraction of sp³-hybridized carbons (Fsp3) is 0.200. The molecule has 0 fully saturated rings. The van der Waals surface area contributed by atoms with E-state index in [4.69, 9.17) is 28.4 Å². The highest BCUT2D eigenvalue weighted by atomic mass is 32.2.